The minimum Gasteiger partial charge on any atom is -0.318 e. The molecule has 1 N–H and O–H groups in total. The Morgan fingerprint density at radius 1 is 1.29 bits per heavy atom. The summed E-state index contributed by atoms with van der Waals surface area (Å²) in [4.78, 5) is 4.59. The number of likely N-dealkylation sites (N-methyl/N-ethyl adjacent to an activating group) is 2. The van der Waals surface area contributed by atoms with Crippen molar-refractivity contribution in [1.82, 2.24) is 14.6 Å². The Labute approximate surface area is 131 Å². The zero-order chi connectivity index (χ0) is 14.8. The fraction of sp³-hybridized carbons (Fsp3) is 0.357. The van der Waals surface area contributed by atoms with Gasteiger partial charge in [0.05, 0.1) is 10.4 Å². The van der Waals surface area contributed by atoms with Crippen molar-refractivity contribution in [2.75, 3.05) is 27.2 Å². The second-order valence-electron chi connectivity index (χ2n) is 4.71. The summed E-state index contributed by atoms with van der Waals surface area (Å²) in [6.07, 6.45) is 1.68. The number of pyridine rings is 1. The fourth-order valence-corrected chi connectivity index (χ4v) is 3.42. The maximum atomic E-state index is 12.6. The molecule has 2 rings (SSSR count). The average molecular weight is 330 g/mol. The van der Waals surface area contributed by atoms with E-state index >= 15 is 0 Å². The average Bonchev–Trinajstić information content (AvgIpc) is 2.45. The van der Waals surface area contributed by atoms with Crippen LogP contribution in [-0.2, 0) is 10.0 Å². The Kier molecular flexibility index (Phi) is 6.10. The van der Waals surface area contributed by atoms with Crippen molar-refractivity contribution in [3.05, 3.63) is 36.0 Å². The highest BCUT2D eigenvalue weighted by Crippen LogP contribution is 2.26. The Balaban J connectivity index is 0.00000220. The van der Waals surface area contributed by atoms with Crippen LogP contribution in [0, 0.1) is 6.92 Å². The number of hydrogen-bond acceptors (Lipinski definition) is 4. The highest BCUT2D eigenvalue weighted by atomic mass is 35.5. The van der Waals surface area contributed by atoms with Crippen LogP contribution in [0.4, 0.5) is 0 Å². The number of sulfonamides is 1. The van der Waals surface area contributed by atoms with Gasteiger partial charge in [-0.05, 0) is 37.7 Å². The number of rotatable bonds is 5. The molecule has 0 bridgehead atoms. The van der Waals surface area contributed by atoms with Crippen molar-refractivity contribution in [2.24, 2.45) is 0 Å². The molecule has 0 aliphatic rings. The van der Waals surface area contributed by atoms with Crippen LogP contribution in [0.3, 0.4) is 0 Å². The van der Waals surface area contributed by atoms with E-state index in [1.54, 1.807) is 44.6 Å². The van der Waals surface area contributed by atoms with Gasteiger partial charge in [-0.25, -0.2) is 8.42 Å². The van der Waals surface area contributed by atoms with Crippen LogP contribution in [0.25, 0.3) is 10.9 Å². The van der Waals surface area contributed by atoms with E-state index in [0.29, 0.717) is 23.4 Å². The van der Waals surface area contributed by atoms with E-state index in [4.69, 9.17) is 0 Å². The van der Waals surface area contributed by atoms with Gasteiger partial charge in [-0.2, -0.15) is 4.31 Å². The summed E-state index contributed by atoms with van der Waals surface area (Å²) in [7, 11) is -0.112. The highest BCUT2D eigenvalue weighted by Gasteiger charge is 2.23. The lowest BCUT2D eigenvalue weighted by Crippen LogP contribution is -2.33. The zero-order valence-corrected chi connectivity index (χ0v) is 14.0. The number of nitrogens with one attached hydrogen (secondary N) is 1. The van der Waals surface area contributed by atoms with Crippen molar-refractivity contribution in [1.29, 1.82) is 0 Å². The first-order valence-electron chi connectivity index (χ1n) is 6.43. The lowest BCUT2D eigenvalue weighted by Gasteiger charge is -2.18. The summed E-state index contributed by atoms with van der Waals surface area (Å²) in [5, 5.41) is 3.62. The quantitative estimate of drug-likeness (QED) is 0.908. The monoisotopic (exact) mass is 329 g/mol. The number of benzene rings is 1. The van der Waals surface area contributed by atoms with Crippen LogP contribution in [0.5, 0.6) is 0 Å². The normalized spacial score (nSPS) is 11.6. The molecule has 0 saturated carbocycles. The van der Waals surface area contributed by atoms with Crippen LogP contribution in [0.15, 0.2) is 35.4 Å². The van der Waals surface area contributed by atoms with Gasteiger partial charge in [0, 0.05) is 31.7 Å². The molecule has 0 saturated heterocycles. The molecule has 0 fully saturated rings. The van der Waals surface area contributed by atoms with Gasteiger partial charge in [-0.1, -0.05) is 6.07 Å². The van der Waals surface area contributed by atoms with Crippen molar-refractivity contribution >= 4 is 33.3 Å². The van der Waals surface area contributed by atoms with Gasteiger partial charge in [0.1, 0.15) is 0 Å². The number of aromatic nitrogens is 1. The molecule has 0 aliphatic carbocycles. The largest absolute Gasteiger partial charge is 0.318 e. The topological polar surface area (TPSA) is 62.3 Å². The Hall–Kier alpha value is -1.21. The number of aryl methyl sites for hydroxylation is 1. The minimum atomic E-state index is -3.50. The lowest BCUT2D eigenvalue weighted by atomic mass is 10.1. The molecule has 7 heteroatoms. The van der Waals surface area contributed by atoms with E-state index in [2.05, 4.69) is 10.3 Å². The molecule has 0 unspecified atom stereocenters. The number of halogens is 1. The van der Waals surface area contributed by atoms with Crippen LogP contribution in [0.1, 0.15) is 5.56 Å². The van der Waals surface area contributed by atoms with Crippen molar-refractivity contribution in [3.63, 3.8) is 0 Å². The van der Waals surface area contributed by atoms with E-state index < -0.39 is 10.0 Å². The van der Waals surface area contributed by atoms with Crippen molar-refractivity contribution < 1.29 is 8.42 Å². The van der Waals surface area contributed by atoms with Crippen molar-refractivity contribution in [3.8, 4) is 0 Å². The summed E-state index contributed by atoms with van der Waals surface area (Å²) in [6, 6.07) is 7.02. The maximum absolute atomic E-state index is 12.6. The molecule has 0 spiro atoms. The molecule has 0 amide bonds. The molecule has 0 atom stereocenters. The van der Waals surface area contributed by atoms with Crippen LogP contribution >= 0.6 is 12.4 Å². The minimum absolute atomic E-state index is 0. The van der Waals surface area contributed by atoms with Gasteiger partial charge in [0.15, 0.2) is 0 Å². The van der Waals surface area contributed by atoms with E-state index in [1.807, 2.05) is 6.92 Å². The molecule has 116 valence electrons. The van der Waals surface area contributed by atoms with Gasteiger partial charge >= 0.3 is 0 Å². The maximum Gasteiger partial charge on any atom is 0.243 e. The van der Waals surface area contributed by atoms with Crippen LogP contribution < -0.4 is 5.32 Å². The third-order valence-electron chi connectivity index (χ3n) is 3.30. The Morgan fingerprint density at radius 2 is 2.00 bits per heavy atom. The smallest absolute Gasteiger partial charge is 0.243 e. The first-order valence-corrected chi connectivity index (χ1v) is 7.87. The standard InChI is InChI=1S/C14H19N3O2S.ClH/c1-11-6-7-13(12-5-4-8-16-14(11)12)20(18,19)17(3)10-9-15-2;/h4-8,15H,9-10H2,1-3H3;1H. The SMILES string of the molecule is CNCCN(C)S(=O)(=O)c1ccc(C)c2ncccc12.Cl. The number of nitrogens with zero attached hydrogens (tertiary/aromatic N) is 2. The van der Waals surface area contributed by atoms with Gasteiger partial charge < -0.3 is 5.32 Å². The lowest BCUT2D eigenvalue weighted by molar-refractivity contribution is 0.466. The van der Waals surface area contributed by atoms with E-state index in [-0.39, 0.29) is 12.4 Å². The summed E-state index contributed by atoms with van der Waals surface area (Å²) >= 11 is 0. The molecule has 5 nitrogen and oxygen atoms in total. The zero-order valence-electron chi connectivity index (χ0n) is 12.3. The number of fused-ring (bicyclic) bond motifs is 1. The molecular weight excluding hydrogens is 310 g/mol. The first kappa shape index (κ1) is 17.8. The Morgan fingerprint density at radius 3 is 2.67 bits per heavy atom. The summed E-state index contributed by atoms with van der Waals surface area (Å²) in [5.74, 6) is 0. The number of hydrogen-bond donors (Lipinski definition) is 1. The Bertz CT molecular complexity index is 719. The highest BCUT2D eigenvalue weighted by molar-refractivity contribution is 7.89. The summed E-state index contributed by atoms with van der Waals surface area (Å²) in [6.45, 7) is 2.96. The molecule has 1 heterocycles. The van der Waals surface area contributed by atoms with Gasteiger partial charge in [-0.3, -0.25) is 4.98 Å². The van der Waals surface area contributed by atoms with Crippen LogP contribution in [0.2, 0.25) is 0 Å². The molecule has 0 radical (unpaired) electrons. The third kappa shape index (κ3) is 3.52. The van der Waals surface area contributed by atoms with E-state index in [0.717, 1.165) is 11.1 Å². The molecule has 21 heavy (non-hydrogen) atoms. The summed E-state index contributed by atoms with van der Waals surface area (Å²) < 4.78 is 26.6. The molecular formula is C14H20ClN3O2S. The van der Waals surface area contributed by atoms with Gasteiger partial charge in [0.2, 0.25) is 10.0 Å². The fourth-order valence-electron chi connectivity index (χ4n) is 2.07. The predicted octanol–water partition coefficient (Wildman–Crippen LogP) is 1.80. The van der Waals surface area contributed by atoms with Crippen molar-refractivity contribution in [2.45, 2.75) is 11.8 Å². The molecule has 1 aromatic heterocycles. The molecule has 1 aromatic carbocycles. The summed E-state index contributed by atoms with van der Waals surface area (Å²) in [5.41, 5.74) is 1.70. The van der Waals surface area contributed by atoms with Crippen LogP contribution in [-0.4, -0.2) is 44.9 Å². The predicted molar refractivity (Wildman–Crippen MR) is 87.5 cm³/mol. The second-order valence-corrected chi connectivity index (χ2v) is 6.72. The molecule has 0 aliphatic heterocycles. The van der Waals surface area contributed by atoms with E-state index in [1.165, 1.54) is 4.31 Å². The first-order chi connectivity index (χ1) is 9.48. The third-order valence-corrected chi connectivity index (χ3v) is 5.21. The van der Waals surface area contributed by atoms with E-state index in [9.17, 15) is 8.42 Å². The van der Waals surface area contributed by atoms with Gasteiger partial charge in [-0.15, -0.1) is 12.4 Å². The molecule has 2 aromatic rings. The second kappa shape index (κ2) is 7.17. The van der Waals surface area contributed by atoms with Gasteiger partial charge in [0.25, 0.3) is 0 Å².